The summed E-state index contributed by atoms with van der Waals surface area (Å²) in [4.78, 5) is 0. The van der Waals surface area contributed by atoms with Gasteiger partial charge in [0.05, 0.1) is 5.02 Å². The molecule has 100 valence electrons. The second-order valence-electron chi connectivity index (χ2n) is 4.93. The zero-order chi connectivity index (χ0) is 13.9. The van der Waals surface area contributed by atoms with Crippen molar-refractivity contribution in [3.05, 3.63) is 82.6 Å². The number of hydrogen-bond acceptors (Lipinski definition) is 0. The summed E-state index contributed by atoms with van der Waals surface area (Å²) in [5.41, 5.74) is 2.24. The molecule has 2 heteroatoms. The van der Waals surface area contributed by atoms with Crippen LogP contribution in [0.3, 0.4) is 0 Å². The van der Waals surface area contributed by atoms with Gasteiger partial charge in [-0.1, -0.05) is 60.1 Å². The van der Waals surface area contributed by atoms with E-state index in [1.165, 1.54) is 22.4 Å². The molecule has 0 aliphatic heterocycles. The summed E-state index contributed by atoms with van der Waals surface area (Å²) in [6, 6.07) is 19.8. The lowest BCUT2D eigenvalue weighted by Crippen LogP contribution is -1.92. The van der Waals surface area contributed by atoms with Gasteiger partial charge in [-0.25, -0.2) is 4.39 Å². The Morgan fingerprint density at radius 1 is 0.750 bits per heavy atom. The zero-order valence-corrected chi connectivity index (χ0v) is 11.7. The van der Waals surface area contributed by atoms with Gasteiger partial charge >= 0.3 is 0 Å². The topological polar surface area (TPSA) is 0 Å². The van der Waals surface area contributed by atoms with Gasteiger partial charge < -0.3 is 0 Å². The van der Waals surface area contributed by atoms with Gasteiger partial charge in [0.1, 0.15) is 5.82 Å². The highest BCUT2D eigenvalue weighted by Gasteiger charge is 2.02. The Bertz CT molecular complexity index is 749. The van der Waals surface area contributed by atoms with Crippen LogP contribution >= 0.6 is 11.6 Å². The highest BCUT2D eigenvalue weighted by Crippen LogP contribution is 2.19. The van der Waals surface area contributed by atoms with Crippen LogP contribution in [0, 0.1) is 5.82 Å². The second-order valence-corrected chi connectivity index (χ2v) is 5.34. The van der Waals surface area contributed by atoms with Crippen LogP contribution in [0.1, 0.15) is 11.1 Å². The normalized spacial score (nSPS) is 10.9. The van der Waals surface area contributed by atoms with Crippen molar-refractivity contribution in [2.75, 3.05) is 0 Å². The average molecular weight is 285 g/mol. The monoisotopic (exact) mass is 284 g/mol. The van der Waals surface area contributed by atoms with Gasteiger partial charge in [-0.15, -0.1) is 0 Å². The van der Waals surface area contributed by atoms with E-state index in [0.717, 1.165) is 18.4 Å². The lowest BCUT2D eigenvalue weighted by molar-refractivity contribution is 0.625. The number of halogens is 2. The predicted molar refractivity (Wildman–Crippen MR) is 82.8 cm³/mol. The molecule has 3 aromatic rings. The van der Waals surface area contributed by atoms with Crippen LogP contribution in [0.25, 0.3) is 10.8 Å². The number of rotatable bonds is 3. The average Bonchev–Trinajstić information content (AvgIpc) is 2.48. The summed E-state index contributed by atoms with van der Waals surface area (Å²) in [7, 11) is 0. The van der Waals surface area contributed by atoms with Crippen LogP contribution in [0.5, 0.6) is 0 Å². The Morgan fingerprint density at radius 2 is 1.40 bits per heavy atom. The van der Waals surface area contributed by atoms with Gasteiger partial charge in [-0.2, -0.15) is 0 Å². The van der Waals surface area contributed by atoms with E-state index < -0.39 is 0 Å². The maximum absolute atomic E-state index is 13.4. The quantitative estimate of drug-likeness (QED) is 0.602. The summed E-state index contributed by atoms with van der Waals surface area (Å²) >= 11 is 5.69. The molecule has 0 bridgehead atoms. The zero-order valence-electron chi connectivity index (χ0n) is 10.9. The van der Waals surface area contributed by atoms with Gasteiger partial charge in [0.2, 0.25) is 0 Å². The van der Waals surface area contributed by atoms with Gasteiger partial charge in [0.15, 0.2) is 0 Å². The number of aryl methyl sites for hydroxylation is 2. The standard InChI is InChI=1S/C18H14ClF/c19-17-10-8-14(12-18(17)20)6-5-13-7-9-15-3-1-2-4-16(15)11-13/h1-4,7-12H,5-6H2. The molecular formula is C18H14ClF. The molecule has 20 heavy (non-hydrogen) atoms. The molecular weight excluding hydrogens is 271 g/mol. The molecule has 3 aromatic carbocycles. The molecule has 0 heterocycles. The fourth-order valence-corrected chi connectivity index (χ4v) is 2.50. The van der Waals surface area contributed by atoms with Crippen molar-refractivity contribution in [1.82, 2.24) is 0 Å². The van der Waals surface area contributed by atoms with Crippen LogP contribution in [-0.2, 0) is 12.8 Å². The third kappa shape index (κ3) is 2.83. The van der Waals surface area contributed by atoms with E-state index in [1.54, 1.807) is 6.07 Å². The maximum Gasteiger partial charge on any atom is 0.142 e. The summed E-state index contributed by atoms with van der Waals surface area (Å²) in [5, 5.41) is 2.67. The third-order valence-electron chi connectivity index (χ3n) is 3.50. The smallest absolute Gasteiger partial charge is 0.142 e. The minimum Gasteiger partial charge on any atom is -0.205 e. The Balaban J connectivity index is 1.77. The Kier molecular flexibility index (Phi) is 3.70. The number of fused-ring (bicyclic) bond motifs is 1. The summed E-state index contributed by atoms with van der Waals surface area (Å²) in [6.45, 7) is 0. The van der Waals surface area contributed by atoms with Crippen LogP contribution in [-0.4, -0.2) is 0 Å². The molecule has 0 saturated carbocycles. The van der Waals surface area contributed by atoms with E-state index in [4.69, 9.17) is 11.6 Å². The molecule has 0 unspecified atom stereocenters. The fraction of sp³-hybridized carbons (Fsp3) is 0.111. The van der Waals surface area contributed by atoms with Gasteiger partial charge in [-0.3, -0.25) is 0 Å². The van der Waals surface area contributed by atoms with Crippen molar-refractivity contribution in [2.24, 2.45) is 0 Å². The summed E-state index contributed by atoms with van der Waals surface area (Å²) < 4.78 is 13.4. The van der Waals surface area contributed by atoms with Crippen molar-refractivity contribution in [2.45, 2.75) is 12.8 Å². The van der Waals surface area contributed by atoms with E-state index in [-0.39, 0.29) is 10.8 Å². The molecule has 0 aliphatic carbocycles. The molecule has 0 aliphatic rings. The Hall–Kier alpha value is -1.86. The third-order valence-corrected chi connectivity index (χ3v) is 3.81. The minimum absolute atomic E-state index is 0.180. The van der Waals surface area contributed by atoms with Crippen LogP contribution in [0.15, 0.2) is 60.7 Å². The highest BCUT2D eigenvalue weighted by atomic mass is 35.5. The SMILES string of the molecule is Fc1cc(CCc2ccc3ccccc3c2)ccc1Cl. The number of hydrogen-bond donors (Lipinski definition) is 0. The first-order valence-corrected chi connectivity index (χ1v) is 7.02. The minimum atomic E-state index is -0.345. The van der Waals surface area contributed by atoms with Crippen molar-refractivity contribution in [3.8, 4) is 0 Å². The molecule has 3 rings (SSSR count). The van der Waals surface area contributed by atoms with Crippen molar-refractivity contribution in [1.29, 1.82) is 0 Å². The van der Waals surface area contributed by atoms with E-state index in [1.807, 2.05) is 18.2 Å². The van der Waals surface area contributed by atoms with Crippen LogP contribution < -0.4 is 0 Å². The Labute approximate surface area is 122 Å². The first-order chi connectivity index (χ1) is 9.72. The van der Waals surface area contributed by atoms with Crippen molar-refractivity contribution in [3.63, 3.8) is 0 Å². The number of benzene rings is 3. The molecule has 0 spiro atoms. The van der Waals surface area contributed by atoms with Gasteiger partial charge in [0, 0.05) is 0 Å². The molecule has 0 nitrogen and oxygen atoms in total. The van der Waals surface area contributed by atoms with Crippen molar-refractivity contribution < 1.29 is 4.39 Å². The first-order valence-electron chi connectivity index (χ1n) is 6.64. The van der Waals surface area contributed by atoms with E-state index in [2.05, 4.69) is 30.3 Å². The van der Waals surface area contributed by atoms with Gasteiger partial charge in [0.25, 0.3) is 0 Å². The first kappa shape index (κ1) is 13.1. The molecule has 0 amide bonds. The highest BCUT2D eigenvalue weighted by molar-refractivity contribution is 6.30. The lowest BCUT2D eigenvalue weighted by atomic mass is 10.0. The van der Waals surface area contributed by atoms with Crippen LogP contribution in [0.2, 0.25) is 5.02 Å². The summed E-state index contributed by atoms with van der Waals surface area (Å²) in [6.07, 6.45) is 1.71. The van der Waals surface area contributed by atoms with Crippen LogP contribution in [0.4, 0.5) is 4.39 Å². The largest absolute Gasteiger partial charge is 0.205 e. The Morgan fingerprint density at radius 3 is 2.15 bits per heavy atom. The van der Waals surface area contributed by atoms with E-state index in [0.29, 0.717) is 0 Å². The lowest BCUT2D eigenvalue weighted by Gasteiger charge is -2.05. The molecule has 0 radical (unpaired) electrons. The molecule has 0 saturated heterocycles. The fourth-order valence-electron chi connectivity index (χ4n) is 2.38. The predicted octanol–water partition coefficient (Wildman–Crippen LogP) is 5.42. The molecule has 0 aromatic heterocycles. The van der Waals surface area contributed by atoms with Gasteiger partial charge in [-0.05, 0) is 46.9 Å². The van der Waals surface area contributed by atoms with E-state index in [9.17, 15) is 4.39 Å². The molecule has 0 atom stereocenters. The maximum atomic E-state index is 13.4. The second kappa shape index (κ2) is 5.64. The summed E-state index contributed by atoms with van der Waals surface area (Å²) in [5.74, 6) is -0.345. The molecule has 0 fully saturated rings. The van der Waals surface area contributed by atoms with Crippen molar-refractivity contribution >= 4 is 22.4 Å². The van der Waals surface area contributed by atoms with E-state index >= 15 is 0 Å². The molecule has 0 N–H and O–H groups in total.